The molecule has 0 radical (unpaired) electrons. The van der Waals surface area contributed by atoms with Crippen molar-refractivity contribution in [3.05, 3.63) is 0 Å². The Bertz CT molecular complexity index is 1600. The Labute approximate surface area is 505 Å². The third-order valence-electron chi connectivity index (χ3n) is 14.9. The lowest BCUT2D eigenvalue weighted by Gasteiger charge is -2.21. The highest BCUT2D eigenvalue weighted by Crippen LogP contribution is 2.45. The molecule has 17 nitrogen and oxygen atoms in total. The molecule has 0 bridgehead atoms. The van der Waals surface area contributed by atoms with Crippen molar-refractivity contribution in [3.63, 3.8) is 0 Å². The van der Waals surface area contributed by atoms with Gasteiger partial charge in [0, 0.05) is 25.7 Å². The first-order valence-electron chi connectivity index (χ1n) is 33.8. The van der Waals surface area contributed by atoms with Crippen molar-refractivity contribution in [2.24, 2.45) is 0 Å². The van der Waals surface area contributed by atoms with Crippen LogP contribution in [0.1, 0.15) is 329 Å². The maximum atomic E-state index is 13.0. The van der Waals surface area contributed by atoms with Gasteiger partial charge in [0.2, 0.25) is 0 Å². The predicted octanol–water partition coefficient (Wildman–Crippen LogP) is 17.9. The Morgan fingerprint density at radius 2 is 0.482 bits per heavy atom. The van der Waals surface area contributed by atoms with E-state index in [1.165, 1.54) is 161 Å². The van der Waals surface area contributed by atoms with Gasteiger partial charge < -0.3 is 33.8 Å². The summed E-state index contributed by atoms with van der Waals surface area (Å²) in [6, 6.07) is 0. The van der Waals surface area contributed by atoms with Gasteiger partial charge in [-0.15, -0.1) is 0 Å². The van der Waals surface area contributed by atoms with E-state index >= 15 is 0 Å². The van der Waals surface area contributed by atoms with Crippen molar-refractivity contribution >= 4 is 39.5 Å². The van der Waals surface area contributed by atoms with Gasteiger partial charge in [-0.3, -0.25) is 37.3 Å². The Kier molecular flexibility index (Phi) is 57.7. The van der Waals surface area contributed by atoms with Crippen LogP contribution in [0.25, 0.3) is 0 Å². The second-order valence-corrected chi connectivity index (χ2v) is 26.1. The number of rotatable bonds is 65. The van der Waals surface area contributed by atoms with Crippen LogP contribution < -0.4 is 0 Å². The van der Waals surface area contributed by atoms with Gasteiger partial charge in [-0.2, -0.15) is 0 Å². The molecule has 492 valence electrons. The molecular weight excluding hydrogens is 1100 g/mol. The van der Waals surface area contributed by atoms with E-state index in [1.54, 1.807) is 0 Å². The summed E-state index contributed by atoms with van der Waals surface area (Å²) in [5.74, 6) is -2.13. The summed E-state index contributed by atoms with van der Waals surface area (Å²) in [6.45, 7) is 4.86. The lowest BCUT2D eigenvalue weighted by molar-refractivity contribution is -0.161. The van der Waals surface area contributed by atoms with Crippen LogP contribution in [0.4, 0.5) is 0 Å². The lowest BCUT2D eigenvalue weighted by Crippen LogP contribution is -2.30. The van der Waals surface area contributed by atoms with Crippen LogP contribution in [-0.4, -0.2) is 96.7 Å². The molecule has 83 heavy (non-hydrogen) atoms. The van der Waals surface area contributed by atoms with Gasteiger partial charge in [-0.05, 0) is 25.7 Å². The fraction of sp³-hybridized carbons (Fsp3) is 0.938. The van der Waals surface area contributed by atoms with Crippen LogP contribution >= 0.6 is 15.6 Å². The van der Waals surface area contributed by atoms with Crippen molar-refractivity contribution in [2.75, 3.05) is 39.6 Å². The van der Waals surface area contributed by atoms with E-state index < -0.39 is 97.5 Å². The van der Waals surface area contributed by atoms with Gasteiger partial charge in [0.1, 0.15) is 19.3 Å². The molecule has 0 aliphatic rings. The zero-order chi connectivity index (χ0) is 61.2. The van der Waals surface area contributed by atoms with Crippen molar-refractivity contribution in [1.29, 1.82) is 0 Å². The smallest absolute Gasteiger partial charge is 0.462 e. The Balaban J connectivity index is 5.20. The highest BCUT2D eigenvalue weighted by Gasteiger charge is 2.30. The number of aliphatic hydroxyl groups excluding tert-OH is 1. The summed E-state index contributed by atoms with van der Waals surface area (Å²) in [4.78, 5) is 72.1. The molecule has 0 aromatic heterocycles. The van der Waals surface area contributed by atoms with Crippen molar-refractivity contribution in [3.8, 4) is 0 Å². The summed E-state index contributed by atoms with van der Waals surface area (Å²) in [7, 11) is -9.88. The zero-order valence-corrected chi connectivity index (χ0v) is 54.9. The van der Waals surface area contributed by atoms with E-state index in [0.29, 0.717) is 25.7 Å². The van der Waals surface area contributed by atoms with Crippen molar-refractivity contribution in [2.45, 2.75) is 348 Å². The summed E-state index contributed by atoms with van der Waals surface area (Å²) in [5.41, 5.74) is 0. The molecule has 5 atom stereocenters. The molecule has 0 saturated carbocycles. The minimum absolute atomic E-state index is 0.106. The summed E-state index contributed by atoms with van der Waals surface area (Å²) < 4.78 is 67.9. The minimum Gasteiger partial charge on any atom is -0.462 e. The summed E-state index contributed by atoms with van der Waals surface area (Å²) >= 11 is 0. The number of unbranched alkanes of at least 4 members (excludes halogenated alkanes) is 39. The van der Waals surface area contributed by atoms with Gasteiger partial charge in [0.25, 0.3) is 0 Å². The first-order valence-corrected chi connectivity index (χ1v) is 36.8. The van der Waals surface area contributed by atoms with Crippen LogP contribution in [0.2, 0.25) is 0 Å². The molecule has 0 fully saturated rings. The topological polar surface area (TPSA) is 237 Å². The average molecular weight is 1230 g/mol. The number of phosphoric ester groups is 2. The van der Waals surface area contributed by atoms with Crippen LogP contribution in [0.3, 0.4) is 0 Å². The minimum atomic E-state index is -4.94. The van der Waals surface area contributed by atoms with E-state index in [2.05, 4.69) is 27.7 Å². The molecule has 2 unspecified atom stereocenters. The summed E-state index contributed by atoms with van der Waals surface area (Å²) in [5, 5.41) is 10.5. The molecule has 0 saturated heterocycles. The number of carbonyl (C=O) groups is 4. The van der Waals surface area contributed by atoms with Crippen molar-refractivity contribution in [1.82, 2.24) is 0 Å². The molecule has 0 spiro atoms. The highest BCUT2D eigenvalue weighted by molar-refractivity contribution is 7.47. The predicted molar refractivity (Wildman–Crippen MR) is 331 cm³/mol. The number of ether oxygens (including phenoxy) is 4. The van der Waals surface area contributed by atoms with Crippen LogP contribution in [0, 0.1) is 0 Å². The van der Waals surface area contributed by atoms with Gasteiger partial charge in [-0.1, -0.05) is 278 Å². The molecule has 0 aliphatic heterocycles. The third kappa shape index (κ3) is 58.8. The fourth-order valence-corrected chi connectivity index (χ4v) is 11.2. The average Bonchev–Trinajstić information content (AvgIpc) is 3.46. The Morgan fingerprint density at radius 1 is 0.289 bits per heavy atom. The van der Waals surface area contributed by atoms with Gasteiger partial charge in [0.05, 0.1) is 26.4 Å². The third-order valence-corrected chi connectivity index (χ3v) is 16.8. The van der Waals surface area contributed by atoms with Crippen molar-refractivity contribution < 1.29 is 80.2 Å². The number of hydrogen-bond acceptors (Lipinski definition) is 15. The van der Waals surface area contributed by atoms with E-state index in [0.717, 1.165) is 89.9 Å². The van der Waals surface area contributed by atoms with E-state index in [1.807, 2.05) is 0 Å². The normalized spacial score (nSPS) is 14.2. The number of carbonyl (C=O) groups excluding carboxylic acids is 4. The van der Waals surface area contributed by atoms with Crippen LogP contribution in [-0.2, 0) is 65.4 Å². The summed E-state index contributed by atoms with van der Waals surface area (Å²) in [6.07, 6.45) is 44.4. The van der Waals surface area contributed by atoms with E-state index in [4.69, 9.17) is 37.0 Å². The Morgan fingerprint density at radius 3 is 0.711 bits per heavy atom. The first kappa shape index (κ1) is 81.1. The monoisotopic (exact) mass is 1230 g/mol. The molecule has 0 aromatic carbocycles. The zero-order valence-electron chi connectivity index (χ0n) is 53.2. The molecule has 0 aromatic rings. The maximum Gasteiger partial charge on any atom is 0.472 e. The molecule has 0 heterocycles. The second-order valence-electron chi connectivity index (χ2n) is 23.2. The second kappa shape index (κ2) is 59.0. The van der Waals surface area contributed by atoms with Crippen LogP contribution in [0.5, 0.6) is 0 Å². The molecule has 3 N–H and O–H groups in total. The SMILES string of the molecule is CCCCCCCCCCCCCCCCCC(=O)O[C@H](COC(=O)CCCCCCCCCCCC)COP(=O)(O)OC[C@@H](O)COP(=O)(O)OC[C@@H](COC(=O)CCCCCCCCCCC)OC(=O)CCCCCCCCCCC. The molecule has 0 aliphatic carbocycles. The van der Waals surface area contributed by atoms with E-state index in [9.17, 15) is 43.2 Å². The largest absolute Gasteiger partial charge is 0.472 e. The molecular formula is C64H124O17P2. The highest BCUT2D eigenvalue weighted by atomic mass is 31.2. The van der Waals surface area contributed by atoms with Gasteiger partial charge in [-0.25, -0.2) is 9.13 Å². The van der Waals surface area contributed by atoms with Crippen LogP contribution in [0.15, 0.2) is 0 Å². The van der Waals surface area contributed by atoms with Gasteiger partial charge >= 0.3 is 39.5 Å². The fourth-order valence-electron chi connectivity index (χ4n) is 9.63. The number of hydrogen-bond donors (Lipinski definition) is 3. The Hall–Kier alpha value is -1.94. The standard InChI is InChI=1S/C64H124O17P2/c1-5-9-13-17-21-25-27-28-29-30-31-35-39-43-47-51-64(69)81-60(55-75-62(67)49-45-41-37-34-26-22-18-14-10-6-2)57-79-83(72,73)77-53-58(65)52-76-82(70,71)78-56-59(80-63(68)50-46-42-38-33-24-20-16-12-8-4)54-74-61(66)48-44-40-36-32-23-19-15-11-7-3/h58-60,65H,5-57H2,1-4H3,(H,70,71)(H,72,73)/t58-,59+,60+/m0/s1. The first-order chi connectivity index (χ1) is 40.2. The number of esters is 4. The van der Waals surface area contributed by atoms with Gasteiger partial charge in [0.15, 0.2) is 12.2 Å². The van der Waals surface area contributed by atoms with E-state index in [-0.39, 0.29) is 25.7 Å². The molecule has 19 heteroatoms. The maximum absolute atomic E-state index is 13.0. The number of aliphatic hydroxyl groups is 1. The molecule has 0 amide bonds. The molecule has 0 rings (SSSR count). The quantitative estimate of drug-likeness (QED) is 0.0222. The lowest BCUT2D eigenvalue weighted by atomic mass is 10.0. The number of phosphoric acid groups is 2.